The van der Waals surface area contributed by atoms with Gasteiger partial charge in [-0.1, -0.05) is 178 Å². The summed E-state index contributed by atoms with van der Waals surface area (Å²) in [6.45, 7) is 3.91. The second-order valence-corrected chi connectivity index (χ2v) is 16.6. The van der Waals surface area contributed by atoms with E-state index in [0.717, 1.165) is 51.4 Å². The topological polar surface area (TPSA) is 151 Å². The van der Waals surface area contributed by atoms with E-state index < -0.39 is 38.6 Å². The van der Waals surface area contributed by atoms with Crippen molar-refractivity contribution in [2.75, 3.05) is 19.8 Å². The van der Waals surface area contributed by atoms with Gasteiger partial charge in [-0.15, -0.1) is 0 Å². The number of nitrogens with one attached hydrogen (secondary N) is 1. The first-order valence-electron chi connectivity index (χ1n) is 22.4. The zero-order chi connectivity index (χ0) is 40.5. The van der Waals surface area contributed by atoms with Crippen molar-refractivity contribution < 1.29 is 33.5 Å². The zero-order valence-electron chi connectivity index (χ0n) is 35.3. The van der Waals surface area contributed by atoms with Gasteiger partial charge in [0.25, 0.3) is 0 Å². The predicted molar refractivity (Wildman–Crippen MR) is 232 cm³/mol. The van der Waals surface area contributed by atoms with Gasteiger partial charge >= 0.3 is 7.82 Å². The molecule has 0 spiro atoms. The van der Waals surface area contributed by atoms with Gasteiger partial charge in [0.15, 0.2) is 0 Å². The molecule has 0 aliphatic rings. The van der Waals surface area contributed by atoms with E-state index >= 15 is 0 Å². The van der Waals surface area contributed by atoms with Crippen LogP contribution in [-0.2, 0) is 18.4 Å². The van der Waals surface area contributed by atoms with Gasteiger partial charge in [-0.3, -0.25) is 13.8 Å². The van der Waals surface area contributed by atoms with Gasteiger partial charge < -0.3 is 26.2 Å². The lowest BCUT2D eigenvalue weighted by molar-refractivity contribution is -0.124. The maximum Gasteiger partial charge on any atom is 0.472 e. The van der Waals surface area contributed by atoms with Gasteiger partial charge in [-0.2, -0.15) is 0 Å². The second-order valence-electron chi connectivity index (χ2n) is 15.1. The van der Waals surface area contributed by atoms with Crippen molar-refractivity contribution in [1.29, 1.82) is 0 Å². The van der Waals surface area contributed by atoms with Crippen LogP contribution in [0.3, 0.4) is 0 Å². The molecule has 0 saturated heterocycles. The van der Waals surface area contributed by atoms with E-state index in [2.05, 4.69) is 55.6 Å². The Kier molecular flexibility index (Phi) is 39.4. The molecule has 6 N–H and O–H groups in total. The van der Waals surface area contributed by atoms with Crippen LogP contribution in [0.15, 0.2) is 48.6 Å². The van der Waals surface area contributed by atoms with Crippen molar-refractivity contribution in [2.45, 2.75) is 212 Å². The molecule has 0 fully saturated rings. The summed E-state index contributed by atoms with van der Waals surface area (Å²) < 4.78 is 22.1. The number of aliphatic hydroxyl groups is 2. The Bertz CT molecular complexity index is 1020. The number of amides is 1. The quantitative estimate of drug-likeness (QED) is 0.0177. The summed E-state index contributed by atoms with van der Waals surface area (Å²) in [5, 5.41) is 24.0. The number of nitrogens with two attached hydrogens (primary N) is 1. The number of unbranched alkanes of at least 4 members (excludes halogenated alkanes) is 22. The van der Waals surface area contributed by atoms with Crippen molar-refractivity contribution >= 4 is 13.7 Å². The smallest absolute Gasteiger partial charge is 0.393 e. The van der Waals surface area contributed by atoms with E-state index in [1.807, 2.05) is 6.08 Å². The molecule has 0 aromatic heterocycles. The molecule has 0 bridgehead atoms. The van der Waals surface area contributed by atoms with Gasteiger partial charge in [0.1, 0.15) is 0 Å². The van der Waals surface area contributed by atoms with Crippen molar-refractivity contribution in [3.05, 3.63) is 48.6 Å². The van der Waals surface area contributed by atoms with E-state index in [4.69, 9.17) is 14.8 Å². The van der Waals surface area contributed by atoms with E-state index in [0.29, 0.717) is 12.8 Å². The Morgan fingerprint density at radius 2 is 1.09 bits per heavy atom. The zero-order valence-corrected chi connectivity index (χ0v) is 36.2. The first-order valence-corrected chi connectivity index (χ1v) is 23.9. The Labute approximate surface area is 337 Å². The molecule has 0 heterocycles. The molecule has 4 unspecified atom stereocenters. The molecule has 0 aliphatic carbocycles. The van der Waals surface area contributed by atoms with Crippen LogP contribution in [0.25, 0.3) is 0 Å². The highest BCUT2D eigenvalue weighted by molar-refractivity contribution is 7.47. The normalized spacial score (nSPS) is 15.1. The van der Waals surface area contributed by atoms with Crippen molar-refractivity contribution in [2.24, 2.45) is 5.73 Å². The number of carbonyl (C=O) groups is 1. The standard InChI is InChI=1S/C45H85N2O7P/c1-3-5-7-9-11-13-15-17-18-19-20-21-22-23-25-27-29-31-33-35-37-44(49)43(41-54-55(51,52)53-39-38-46)47-45(50)40-42(48)36-34-32-30-28-26-24-16-14-12-10-8-6-4-2/h12,14,16,24,27,29,35,37,42-44,48-49H,3-11,13,15,17-23,25-26,28,30-34,36,38-41,46H2,1-2H3,(H,47,50)(H,51,52)/b14-12-,24-16-,29-27+,37-35+. The fourth-order valence-electron chi connectivity index (χ4n) is 6.30. The number of carbonyl (C=O) groups excluding carboxylic acids is 1. The summed E-state index contributed by atoms with van der Waals surface area (Å²) in [6.07, 6.45) is 46.3. The molecule has 1 amide bonds. The van der Waals surface area contributed by atoms with Crippen molar-refractivity contribution in [3.8, 4) is 0 Å². The minimum absolute atomic E-state index is 0.0408. The van der Waals surface area contributed by atoms with Gasteiger partial charge in [-0.25, -0.2) is 4.57 Å². The number of phosphoric ester groups is 1. The summed E-state index contributed by atoms with van der Waals surface area (Å²) in [5.41, 5.74) is 5.36. The van der Waals surface area contributed by atoms with Crippen LogP contribution in [-0.4, -0.2) is 59.0 Å². The average molecular weight is 797 g/mol. The lowest BCUT2D eigenvalue weighted by Gasteiger charge is -2.24. The summed E-state index contributed by atoms with van der Waals surface area (Å²) in [4.78, 5) is 22.7. The average Bonchev–Trinajstić information content (AvgIpc) is 3.16. The fourth-order valence-corrected chi connectivity index (χ4v) is 7.06. The highest BCUT2D eigenvalue weighted by atomic mass is 31.2. The minimum atomic E-state index is -4.41. The van der Waals surface area contributed by atoms with Crippen LogP contribution in [0, 0.1) is 0 Å². The molecule has 10 heteroatoms. The number of hydrogen-bond acceptors (Lipinski definition) is 7. The Morgan fingerprint density at radius 1 is 0.636 bits per heavy atom. The third-order valence-electron chi connectivity index (χ3n) is 9.71. The molecule has 322 valence electrons. The molecular formula is C45H85N2O7P. The predicted octanol–water partition coefficient (Wildman–Crippen LogP) is 11.5. The molecule has 0 rings (SSSR count). The van der Waals surface area contributed by atoms with Gasteiger partial charge in [0.05, 0.1) is 37.9 Å². The van der Waals surface area contributed by atoms with E-state index in [9.17, 15) is 24.5 Å². The van der Waals surface area contributed by atoms with Crippen molar-refractivity contribution in [3.63, 3.8) is 0 Å². The second kappa shape index (κ2) is 40.6. The molecule has 0 radical (unpaired) electrons. The number of allylic oxidation sites excluding steroid dienone is 7. The summed E-state index contributed by atoms with van der Waals surface area (Å²) in [7, 11) is -4.41. The Hall–Kier alpha value is -1.58. The monoisotopic (exact) mass is 797 g/mol. The summed E-state index contributed by atoms with van der Waals surface area (Å²) >= 11 is 0. The Morgan fingerprint density at radius 3 is 1.65 bits per heavy atom. The molecule has 0 aromatic carbocycles. The maximum absolute atomic E-state index is 12.8. The van der Waals surface area contributed by atoms with Gasteiger partial charge in [0, 0.05) is 6.54 Å². The van der Waals surface area contributed by atoms with Crippen LogP contribution in [0.2, 0.25) is 0 Å². The third kappa shape index (κ3) is 39.0. The summed E-state index contributed by atoms with van der Waals surface area (Å²) in [5.74, 6) is -0.469. The van der Waals surface area contributed by atoms with Gasteiger partial charge in [-0.05, 0) is 57.8 Å². The van der Waals surface area contributed by atoms with E-state index in [1.54, 1.807) is 6.08 Å². The van der Waals surface area contributed by atoms with Gasteiger partial charge in [0.2, 0.25) is 5.91 Å². The molecule has 0 aromatic rings. The molecule has 9 nitrogen and oxygen atoms in total. The van der Waals surface area contributed by atoms with Crippen LogP contribution >= 0.6 is 7.82 Å². The summed E-state index contributed by atoms with van der Waals surface area (Å²) in [6, 6.07) is -1.01. The highest BCUT2D eigenvalue weighted by Gasteiger charge is 2.27. The maximum atomic E-state index is 12.8. The highest BCUT2D eigenvalue weighted by Crippen LogP contribution is 2.43. The SMILES string of the molecule is CCCCC/C=C\C=C/CCCCCCC(O)CC(=O)NC(COP(=O)(O)OCCN)C(O)/C=C/CC/C=C/CCCCCCCCCCCCCCCC. The van der Waals surface area contributed by atoms with Crippen LogP contribution in [0.5, 0.6) is 0 Å². The fraction of sp³-hybridized carbons (Fsp3) is 0.800. The van der Waals surface area contributed by atoms with E-state index in [-0.39, 0.29) is 19.6 Å². The number of aliphatic hydroxyl groups excluding tert-OH is 2. The Balaban J connectivity index is 4.38. The number of rotatable bonds is 41. The molecule has 55 heavy (non-hydrogen) atoms. The van der Waals surface area contributed by atoms with Crippen LogP contribution in [0.4, 0.5) is 0 Å². The first-order chi connectivity index (χ1) is 26.8. The number of phosphoric acid groups is 1. The minimum Gasteiger partial charge on any atom is -0.393 e. The number of hydrogen-bond donors (Lipinski definition) is 5. The van der Waals surface area contributed by atoms with E-state index in [1.165, 1.54) is 109 Å². The lowest BCUT2D eigenvalue weighted by Crippen LogP contribution is -2.46. The van der Waals surface area contributed by atoms with Crippen molar-refractivity contribution in [1.82, 2.24) is 5.32 Å². The van der Waals surface area contributed by atoms with Crippen LogP contribution in [0.1, 0.15) is 194 Å². The molecule has 0 aliphatic heterocycles. The molecule has 4 atom stereocenters. The van der Waals surface area contributed by atoms with Crippen LogP contribution < -0.4 is 11.1 Å². The third-order valence-corrected chi connectivity index (χ3v) is 10.7. The molecular weight excluding hydrogens is 711 g/mol. The first kappa shape index (κ1) is 53.4. The molecule has 0 saturated carbocycles. The lowest BCUT2D eigenvalue weighted by atomic mass is 10.0. The largest absolute Gasteiger partial charge is 0.472 e.